The topological polar surface area (TPSA) is 44.8 Å². The van der Waals surface area contributed by atoms with Crippen molar-refractivity contribution in [2.75, 3.05) is 19.6 Å². The molecule has 0 amide bonds. The molecule has 22 heavy (non-hydrogen) atoms. The maximum Gasteiger partial charge on any atom is 0.181 e. The van der Waals surface area contributed by atoms with Crippen LogP contribution < -0.4 is 0 Å². The van der Waals surface area contributed by atoms with Crippen LogP contribution in [0.4, 0.5) is 0 Å². The smallest absolute Gasteiger partial charge is 0.181 e. The highest BCUT2D eigenvalue weighted by atomic mass is 15.2. The molecule has 1 unspecified atom stereocenters. The molecular formula is C18H24N4. The van der Waals surface area contributed by atoms with Crippen LogP contribution in [0.25, 0.3) is 11.0 Å². The van der Waals surface area contributed by atoms with Crippen molar-refractivity contribution in [3.63, 3.8) is 0 Å². The highest BCUT2D eigenvalue weighted by molar-refractivity contribution is 5.77. The third kappa shape index (κ3) is 2.80. The van der Waals surface area contributed by atoms with E-state index in [4.69, 9.17) is 0 Å². The Balaban J connectivity index is 1.38. The van der Waals surface area contributed by atoms with Crippen molar-refractivity contribution in [2.24, 2.45) is 5.92 Å². The van der Waals surface area contributed by atoms with Crippen molar-refractivity contribution in [1.82, 2.24) is 20.1 Å². The Morgan fingerprint density at radius 2 is 2.09 bits per heavy atom. The van der Waals surface area contributed by atoms with Crippen molar-refractivity contribution in [1.29, 1.82) is 0 Å². The van der Waals surface area contributed by atoms with Crippen molar-refractivity contribution < 1.29 is 0 Å². The summed E-state index contributed by atoms with van der Waals surface area (Å²) >= 11 is 0. The molecular weight excluding hydrogens is 272 g/mol. The molecule has 4 nitrogen and oxygen atoms in total. The molecule has 0 saturated carbocycles. The van der Waals surface area contributed by atoms with E-state index >= 15 is 0 Å². The number of pyridine rings is 1. The second-order valence-corrected chi connectivity index (χ2v) is 6.74. The van der Waals surface area contributed by atoms with E-state index in [0.29, 0.717) is 5.92 Å². The van der Waals surface area contributed by atoms with Gasteiger partial charge < -0.3 is 4.90 Å². The van der Waals surface area contributed by atoms with Crippen LogP contribution >= 0.6 is 0 Å². The zero-order chi connectivity index (χ0) is 14.8. The molecule has 1 N–H and O–H groups in total. The van der Waals surface area contributed by atoms with E-state index in [1.165, 1.54) is 62.8 Å². The highest BCUT2D eigenvalue weighted by Crippen LogP contribution is 2.31. The molecule has 1 aliphatic heterocycles. The molecule has 4 rings (SSSR count). The molecule has 1 atom stereocenters. The normalized spacial score (nSPS) is 24.1. The molecule has 0 spiro atoms. The third-order valence-corrected chi connectivity index (χ3v) is 5.25. The summed E-state index contributed by atoms with van der Waals surface area (Å²) in [4.78, 5) is 6.99. The van der Waals surface area contributed by atoms with Gasteiger partial charge in [0.2, 0.25) is 0 Å². The van der Waals surface area contributed by atoms with Gasteiger partial charge in [-0.05, 0) is 63.2 Å². The molecule has 116 valence electrons. The third-order valence-electron chi connectivity index (χ3n) is 5.25. The number of piperidine rings is 1. The summed E-state index contributed by atoms with van der Waals surface area (Å²) in [6, 6.07) is 4.15. The SMILES string of the molecule is C1=CCC(CN2CCC(c3[nH]nc4ncccc34)CC2)CC1. The standard InChI is InChI=1S/C18H24N4/c1-2-5-14(6-3-1)13-22-11-8-15(9-12-22)17-16-7-4-10-19-18(16)21-20-17/h1-2,4,7,10,14-15H,3,5-6,8-9,11-13H2,(H,19,20,21). The van der Waals surface area contributed by atoms with Crippen molar-refractivity contribution >= 4 is 11.0 Å². The summed E-state index contributed by atoms with van der Waals surface area (Å²) in [6.07, 6.45) is 12.9. The first kappa shape index (κ1) is 13.9. The molecule has 1 aliphatic carbocycles. The van der Waals surface area contributed by atoms with Gasteiger partial charge >= 0.3 is 0 Å². The van der Waals surface area contributed by atoms with Gasteiger partial charge in [0.1, 0.15) is 0 Å². The maximum absolute atomic E-state index is 4.35. The molecule has 4 heteroatoms. The molecule has 2 aromatic heterocycles. The first-order chi connectivity index (χ1) is 10.9. The number of likely N-dealkylation sites (tertiary alicyclic amines) is 1. The minimum Gasteiger partial charge on any atom is -0.303 e. The van der Waals surface area contributed by atoms with Crippen LogP contribution in [0.5, 0.6) is 0 Å². The van der Waals surface area contributed by atoms with Crippen molar-refractivity contribution in [3.8, 4) is 0 Å². The quantitative estimate of drug-likeness (QED) is 0.882. The molecule has 2 aliphatic rings. The van der Waals surface area contributed by atoms with Gasteiger partial charge in [-0.2, -0.15) is 5.10 Å². The first-order valence-corrected chi connectivity index (χ1v) is 8.56. The van der Waals surface area contributed by atoms with Gasteiger partial charge in [0.05, 0.1) is 0 Å². The minimum atomic E-state index is 0.608. The van der Waals surface area contributed by atoms with Crippen LogP contribution in [0.2, 0.25) is 0 Å². The lowest BCUT2D eigenvalue weighted by Crippen LogP contribution is -2.36. The Morgan fingerprint density at radius 1 is 1.18 bits per heavy atom. The van der Waals surface area contributed by atoms with Gasteiger partial charge in [0, 0.05) is 29.7 Å². The van der Waals surface area contributed by atoms with Gasteiger partial charge in [-0.1, -0.05) is 12.2 Å². The fraction of sp³-hybridized carbons (Fsp3) is 0.556. The first-order valence-electron chi connectivity index (χ1n) is 8.56. The Labute approximate surface area is 131 Å². The van der Waals surface area contributed by atoms with Crippen LogP contribution in [0.3, 0.4) is 0 Å². The maximum atomic E-state index is 4.35. The van der Waals surface area contributed by atoms with E-state index in [-0.39, 0.29) is 0 Å². The average Bonchev–Trinajstić information content (AvgIpc) is 3.01. The van der Waals surface area contributed by atoms with Crippen molar-refractivity contribution in [2.45, 2.75) is 38.0 Å². The van der Waals surface area contributed by atoms with Crippen LogP contribution in [-0.2, 0) is 0 Å². The lowest BCUT2D eigenvalue weighted by molar-refractivity contribution is 0.177. The number of nitrogens with zero attached hydrogens (tertiary/aromatic N) is 3. The predicted molar refractivity (Wildman–Crippen MR) is 88.8 cm³/mol. The fourth-order valence-corrected chi connectivity index (χ4v) is 3.97. The van der Waals surface area contributed by atoms with E-state index < -0.39 is 0 Å². The Hall–Kier alpha value is -1.68. The molecule has 1 fully saturated rings. The van der Waals surface area contributed by atoms with Gasteiger partial charge in [-0.15, -0.1) is 0 Å². The summed E-state index contributed by atoms with van der Waals surface area (Å²) in [7, 11) is 0. The van der Waals surface area contributed by atoms with Gasteiger partial charge in [0.25, 0.3) is 0 Å². The lowest BCUT2D eigenvalue weighted by atomic mass is 9.89. The minimum absolute atomic E-state index is 0.608. The second-order valence-electron chi connectivity index (χ2n) is 6.74. The number of hydrogen-bond donors (Lipinski definition) is 1. The Kier molecular flexibility index (Phi) is 3.94. The summed E-state index contributed by atoms with van der Waals surface area (Å²) in [5, 5.41) is 8.80. The zero-order valence-corrected chi connectivity index (χ0v) is 13.0. The highest BCUT2D eigenvalue weighted by Gasteiger charge is 2.25. The van der Waals surface area contributed by atoms with E-state index in [9.17, 15) is 0 Å². The van der Waals surface area contributed by atoms with Gasteiger partial charge in [-0.25, -0.2) is 4.98 Å². The summed E-state index contributed by atoms with van der Waals surface area (Å²) in [5.41, 5.74) is 2.15. The summed E-state index contributed by atoms with van der Waals surface area (Å²) in [6.45, 7) is 3.71. The molecule has 3 heterocycles. The molecule has 2 aromatic rings. The second kappa shape index (κ2) is 6.21. The largest absolute Gasteiger partial charge is 0.303 e. The van der Waals surface area contributed by atoms with E-state index in [0.717, 1.165) is 11.6 Å². The molecule has 0 radical (unpaired) electrons. The number of H-pyrrole nitrogens is 1. The van der Waals surface area contributed by atoms with E-state index in [1.54, 1.807) is 0 Å². The lowest BCUT2D eigenvalue weighted by Gasteiger charge is -2.34. The van der Waals surface area contributed by atoms with Crippen molar-refractivity contribution in [3.05, 3.63) is 36.2 Å². The van der Waals surface area contributed by atoms with Crippen LogP contribution in [-0.4, -0.2) is 39.7 Å². The number of hydrogen-bond acceptors (Lipinski definition) is 3. The monoisotopic (exact) mass is 296 g/mol. The van der Waals surface area contributed by atoms with E-state index in [2.05, 4.69) is 38.3 Å². The van der Waals surface area contributed by atoms with Crippen LogP contribution in [0.1, 0.15) is 43.7 Å². The molecule has 0 aromatic carbocycles. The number of aromatic nitrogens is 3. The van der Waals surface area contributed by atoms with Crippen LogP contribution in [0, 0.1) is 5.92 Å². The molecule has 1 saturated heterocycles. The zero-order valence-electron chi connectivity index (χ0n) is 13.0. The molecule has 0 bridgehead atoms. The van der Waals surface area contributed by atoms with Crippen LogP contribution in [0.15, 0.2) is 30.5 Å². The number of fused-ring (bicyclic) bond motifs is 1. The average molecular weight is 296 g/mol. The van der Waals surface area contributed by atoms with Gasteiger partial charge in [0.15, 0.2) is 5.65 Å². The number of aromatic amines is 1. The van der Waals surface area contributed by atoms with E-state index in [1.807, 2.05) is 12.3 Å². The number of allylic oxidation sites excluding steroid dienone is 2. The summed E-state index contributed by atoms with van der Waals surface area (Å²) in [5.74, 6) is 1.48. The Morgan fingerprint density at radius 3 is 2.91 bits per heavy atom. The fourth-order valence-electron chi connectivity index (χ4n) is 3.97. The van der Waals surface area contributed by atoms with Gasteiger partial charge in [-0.3, -0.25) is 5.10 Å². The Bertz CT molecular complexity index is 652. The number of rotatable bonds is 3. The summed E-state index contributed by atoms with van der Waals surface area (Å²) < 4.78 is 0. The predicted octanol–water partition coefficient (Wildman–Crippen LogP) is 3.49. The number of nitrogens with one attached hydrogen (secondary N) is 1.